The second-order valence-corrected chi connectivity index (χ2v) is 2.75. The van der Waals surface area contributed by atoms with Gasteiger partial charge < -0.3 is 21.7 Å². The molecule has 0 saturated carbocycles. The van der Waals surface area contributed by atoms with Gasteiger partial charge >= 0.3 is 0 Å². The van der Waals surface area contributed by atoms with Crippen molar-refractivity contribution < 1.29 is 10.2 Å². The molecule has 0 fully saturated rings. The van der Waals surface area contributed by atoms with E-state index in [1.807, 2.05) is 0 Å². The van der Waals surface area contributed by atoms with Crippen LogP contribution in [0.2, 0.25) is 0 Å². The minimum absolute atomic E-state index is 0.0184. The molecule has 2 rings (SSSR count). The van der Waals surface area contributed by atoms with E-state index in [1.165, 1.54) is 0 Å². The summed E-state index contributed by atoms with van der Waals surface area (Å²) in [6, 6.07) is 0. The van der Waals surface area contributed by atoms with Crippen LogP contribution in [0.5, 0.6) is 11.5 Å². The minimum Gasteiger partial charge on any atom is -0.504 e. The predicted octanol–water partition coefficient (Wildman–Crippen LogP) is 0.637. The van der Waals surface area contributed by atoms with Crippen molar-refractivity contribution in [2.45, 2.75) is 0 Å². The third kappa shape index (κ3) is 0.528. The van der Waals surface area contributed by atoms with Crippen LogP contribution in [0, 0.1) is 0 Å². The van der Waals surface area contributed by atoms with E-state index in [0.717, 1.165) is 0 Å². The molecule has 6 N–H and O–H groups in total. The first-order chi connectivity index (χ1) is 5.55. The highest BCUT2D eigenvalue weighted by Gasteiger charge is 2.34. The summed E-state index contributed by atoms with van der Waals surface area (Å²) in [6.07, 6.45) is 0. The van der Waals surface area contributed by atoms with Crippen LogP contribution in [0.15, 0.2) is 6.58 Å². The Labute approximate surface area is 68.7 Å². The summed E-state index contributed by atoms with van der Waals surface area (Å²) in [5.41, 5.74) is 13.1. The molecule has 1 aromatic rings. The van der Waals surface area contributed by atoms with E-state index in [0.29, 0.717) is 22.4 Å². The summed E-state index contributed by atoms with van der Waals surface area (Å²) in [4.78, 5) is 0. The van der Waals surface area contributed by atoms with Gasteiger partial charge in [-0.3, -0.25) is 0 Å². The van der Waals surface area contributed by atoms with Crippen molar-refractivity contribution in [1.29, 1.82) is 0 Å². The molecule has 1 aliphatic carbocycles. The van der Waals surface area contributed by atoms with Gasteiger partial charge in [-0.15, -0.1) is 0 Å². The highest BCUT2D eigenvalue weighted by molar-refractivity contribution is 6.11. The molecule has 0 bridgehead atoms. The Morgan fingerprint density at radius 1 is 0.917 bits per heavy atom. The summed E-state index contributed by atoms with van der Waals surface area (Å²) >= 11 is 0. The van der Waals surface area contributed by atoms with Gasteiger partial charge in [0.2, 0.25) is 0 Å². The first-order valence-electron chi connectivity index (χ1n) is 3.38. The Morgan fingerprint density at radius 3 is 2.08 bits per heavy atom. The molecule has 0 atom stereocenters. The first-order valence-corrected chi connectivity index (χ1v) is 3.38. The van der Waals surface area contributed by atoms with E-state index >= 15 is 0 Å². The van der Waals surface area contributed by atoms with Gasteiger partial charge in [0.1, 0.15) is 5.69 Å². The zero-order chi connectivity index (χ0) is 9.04. The number of hydrogen-bond acceptors (Lipinski definition) is 4. The number of benzene rings is 1. The van der Waals surface area contributed by atoms with Crippen LogP contribution in [0.25, 0.3) is 5.57 Å². The van der Waals surface area contributed by atoms with Gasteiger partial charge in [0.15, 0.2) is 11.5 Å². The van der Waals surface area contributed by atoms with Crippen LogP contribution in [0.1, 0.15) is 11.1 Å². The maximum absolute atomic E-state index is 9.29. The number of aromatic hydroxyl groups is 2. The van der Waals surface area contributed by atoms with Crippen molar-refractivity contribution in [1.82, 2.24) is 0 Å². The number of nitrogen functional groups attached to an aromatic ring is 2. The van der Waals surface area contributed by atoms with Gasteiger partial charge in [0.25, 0.3) is 0 Å². The highest BCUT2D eigenvalue weighted by atomic mass is 16.3. The van der Waals surface area contributed by atoms with Crippen molar-refractivity contribution in [3.63, 3.8) is 0 Å². The van der Waals surface area contributed by atoms with E-state index in [9.17, 15) is 10.2 Å². The molecule has 0 aromatic heterocycles. The number of fused-ring (bicyclic) bond motifs is 1. The Balaban J connectivity index is 2.84. The summed E-state index contributed by atoms with van der Waals surface area (Å²) in [5.74, 6) is -0.577. The molecule has 62 valence electrons. The molecule has 0 spiro atoms. The molecule has 0 amide bonds. The fourth-order valence-electron chi connectivity index (χ4n) is 1.29. The van der Waals surface area contributed by atoms with Gasteiger partial charge in [-0.25, -0.2) is 0 Å². The number of phenolic OH excluding ortho intramolecular Hbond substituents is 2. The summed E-state index contributed by atoms with van der Waals surface area (Å²) < 4.78 is 0. The van der Waals surface area contributed by atoms with Gasteiger partial charge in [-0.1, -0.05) is 6.58 Å². The fourth-order valence-corrected chi connectivity index (χ4v) is 1.29. The molecule has 0 heterocycles. The Morgan fingerprint density at radius 2 is 1.50 bits per heavy atom. The van der Waals surface area contributed by atoms with Crippen molar-refractivity contribution >= 4 is 16.9 Å². The number of nitrogens with two attached hydrogens (primary N) is 2. The Hall–Kier alpha value is -1.84. The van der Waals surface area contributed by atoms with Crippen LogP contribution in [0.3, 0.4) is 0 Å². The second-order valence-electron chi connectivity index (χ2n) is 2.75. The SMILES string of the molecule is C=C1c2c(N)c(N)c(O)c(O)c21. The third-order valence-corrected chi connectivity index (χ3v) is 2.07. The number of rotatable bonds is 0. The molecule has 0 radical (unpaired) electrons. The largest absolute Gasteiger partial charge is 0.504 e. The normalized spacial score (nSPS) is 12.8. The quantitative estimate of drug-likeness (QED) is 0.261. The third-order valence-electron chi connectivity index (χ3n) is 2.07. The topological polar surface area (TPSA) is 92.5 Å². The van der Waals surface area contributed by atoms with Crippen molar-refractivity contribution in [3.05, 3.63) is 17.7 Å². The van der Waals surface area contributed by atoms with E-state index in [4.69, 9.17) is 11.5 Å². The van der Waals surface area contributed by atoms with Crippen molar-refractivity contribution in [2.24, 2.45) is 0 Å². The lowest BCUT2D eigenvalue weighted by Crippen LogP contribution is -1.94. The molecule has 4 heteroatoms. The Bertz CT molecular complexity index is 373. The fraction of sp³-hybridized carbons (Fsp3) is 0. The highest BCUT2D eigenvalue weighted by Crippen LogP contribution is 2.57. The zero-order valence-corrected chi connectivity index (χ0v) is 6.26. The van der Waals surface area contributed by atoms with E-state index in [-0.39, 0.29) is 17.2 Å². The average molecular weight is 164 g/mol. The smallest absolute Gasteiger partial charge is 0.183 e. The second kappa shape index (κ2) is 1.66. The maximum atomic E-state index is 9.29. The summed E-state index contributed by atoms with van der Waals surface area (Å²) in [7, 11) is 0. The molecular formula is C8H8N2O2. The van der Waals surface area contributed by atoms with E-state index in [1.54, 1.807) is 0 Å². The van der Waals surface area contributed by atoms with Crippen LogP contribution in [-0.4, -0.2) is 10.2 Å². The Kier molecular flexibility index (Phi) is 0.948. The summed E-state index contributed by atoms with van der Waals surface area (Å²) in [6.45, 7) is 3.63. The van der Waals surface area contributed by atoms with Crippen LogP contribution < -0.4 is 11.5 Å². The standard InChI is InChI=1S/C8H8N2O2/c1-2-3-4(2)7(11)8(12)6(10)5(3)9/h11-12H,1,9-10H2. The van der Waals surface area contributed by atoms with E-state index < -0.39 is 0 Å². The molecule has 1 aromatic carbocycles. The molecular weight excluding hydrogens is 156 g/mol. The maximum Gasteiger partial charge on any atom is 0.183 e. The van der Waals surface area contributed by atoms with Gasteiger partial charge in [0.05, 0.1) is 5.69 Å². The lowest BCUT2D eigenvalue weighted by Gasteiger charge is -2.01. The van der Waals surface area contributed by atoms with Gasteiger partial charge in [-0.2, -0.15) is 0 Å². The molecule has 0 aliphatic heterocycles. The molecule has 4 nitrogen and oxygen atoms in total. The monoisotopic (exact) mass is 164 g/mol. The number of phenols is 2. The lowest BCUT2D eigenvalue weighted by atomic mass is 10.2. The van der Waals surface area contributed by atoms with Crippen LogP contribution in [-0.2, 0) is 0 Å². The average Bonchev–Trinajstić information content (AvgIpc) is 2.70. The molecule has 12 heavy (non-hydrogen) atoms. The van der Waals surface area contributed by atoms with Gasteiger partial charge in [-0.05, 0) is 5.57 Å². The van der Waals surface area contributed by atoms with Crippen LogP contribution in [0.4, 0.5) is 11.4 Å². The molecule has 0 saturated heterocycles. The van der Waals surface area contributed by atoms with E-state index in [2.05, 4.69) is 6.58 Å². The lowest BCUT2D eigenvalue weighted by molar-refractivity contribution is 0.406. The predicted molar refractivity (Wildman–Crippen MR) is 46.7 cm³/mol. The first kappa shape index (κ1) is 6.84. The van der Waals surface area contributed by atoms with Crippen molar-refractivity contribution in [2.75, 3.05) is 11.5 Å². The zero-order valence-electron chi connectivity index (χ0n) is 6.26. The summed E-state index contributed by atoms with van der Waals surface area (Å²) in [5, 5.41) is 18.5. The number of anilines is 2. The van der Waals surface area contributed by atoms with Crippen LogP contribution >= 0.6 is 0 Å². The molecule has 1 aliphatic rings. The van der Waals surface area contributed by atoms with Crippen molar-refractivity contribution in [3.8, 4) is 11.5 Å². The van der Waals surface area contributed by atoms with Gasteiger partial charge in [0, 0.05) is 11.1 Å². The molecule has 0 unspecified atom stereocenters. The number of hydrogen-bond donors (Lipinski definition) is 4. The minimum atomic E-state index is -0.357.